The van der Waals surface area contributed by atoms with Gasteiger partial charge in [0.15, 0.2) is 16.7 Å². The third-order valence-electron chi connectivity index (χ3n) is 4.59. The lowest BCUT2D eigenvalue weighted by Crippen LogP contribution is -2.35. The van der Waals surface area contributed by atoms with E-state index in [4.69, 9.17) is 17.0 Å². The lowest BCUT2D eigenvalue weighted by Gasteiger charge is -2.11. The van der Waals surface area contributed by atoms with Crippen LogP contribution < -0.4 is 20.7 Å². The molecule has 172 valence electrons. The zero-order valence-electron chi connectivity index (χ0n) is 17.8. The van der Waals surface area contributed by atoms with E-state index in [2.05, 4.69) is 25.9 Å². The molecule has 0 aliphatic carbocycles. The van der Waals surface area contributed by atoms with Gasteiger partial charge < -0.3 is 20.7 Å². The third kappa shape index (κ3) is 5.50. The van der Waals surface area contributed by atoms with Crippen molar-refractivity contribution in [1.82, 2.24) is 20.6 Å². The summed E-state index contributed by atoms with van der Waals surface area (Å²) in [7, 11) is 1.53. The minimum Gasteiger partial charge on any atom is -0.434 e. The highest BCUT2D eigenvalue weighted by Gasteiger charge is 2.16. The Kier molecular flexibility index (Phi) is 7.04. The summed E-state index contributed by atoms with van der Waals surface area (Å²) < 4.78 is 20.9. The predicted molar refractivity (Wildman–Crippen MR) is 132 cm³/mol. The molecule has 0 saturated carbocycles. The highest BCUT2D eigenvalue weighted by molar-refractivity contribution is 7.80. The number of aromatic nitrogens is 2. The molecule has 8 nitrogen and oxygen atoms in total. The number of hydrogen-bond donors (Lipinski definition) is 3. The zero-order valence-corrected chi connectivity index (χ0v) is 19.4. The Morgan fingerprint density at radius 2 is 1.91 bits per heavy atom. The van der Waals surface area contributed by atoms with Gasteiger partial charge in [-0.05, 0) is 36.0 Å². The normalized spacial score (nSPS) is 10.5. The molecule has 0 bridgehead atoms. The van der Waals surface area contributed by atoms with E-state index >= 15 is 0 Å². The van der Waals surface area contributed by atoms with Gasteiger partial charge in [-0.1, -0.05) is 30.3 Å². The van der Waals surface area contributed by atoms with Gasteiger partial charge in [-0.15, -0.1) is 11.3 Å². The molecule has 34 heavy (non-hydrogen) atoms. The van der Waals surface area contributed by atoms with Crippen LogP contribution in [0, 0.1) is 5.82 Å². The summed E-state index contributed by atoms with van der Waals surface area (Å²) in [4.78, 5) is 32.7. The molecule has 0 fully saturated rings. The van der Waals surface area contributed by atoms with E-state index in [0.29, 0.717) is 20.8 Å². The molecule has 0 aliphatic heterocycles. The SMILES string of the molecule is CNC(=O)c1cc2ncnc(Oc3ccc(NC(=S)NC(=O)Cc4ccccc4)cc3F)c2s1. The number of nitrogens with one attached hydrogen (secondary N) is 3. The third-order valence-corrected chi connectivity index (χ3v) is 5.90. The molecule has 0 atom stereocenters. The van der Waals surface area contributed by atoms with Crippen molar-refractivity contribution in [3.05, 3.63) is 77.2 Å². The fourth-order valence-electron chi connectivity index (χ4n) is 3.02. The van der Waals surface area contributed by atoms with Crippen molar-refractivity contribution in [2.45, 2.75) is 6.42 Å². The lowest BCUT2D eigenvalue weighted by atomic mass is 10.1. The van der Waals surface area contributed by atoms with Crippen LogP contribution in [0.5, 0.6) is 11.6 Å². The molecule has 0 unspecified atom stereocenters. The average Bonchev–Trinajstić information content (AvgIpc) is 3.26. The van der Waals surface area contributed by atoms with Crippen molar-refractivity contribution in [2.75, 3.05) is 12.4 Å². The summed E-state index contributed by atoms with van der Waals surface area (Å²) in [5.41, 5.74) is 1.70. The van der Waals surface area contributed by atoms with Gasteiger partial charge in [0.1, 0.15) is 11.0 Å². The maximum absolute atomic E-state index is 14.7. The van der Waals surface area contributed by atoms with Gasteiger partial charge in [0.05, 0.1) is 16.8 Å². The number of benzene rings is 2. The van der Waals surface area contributed by atoms with Crippen LogP contribution in [-0.2, 0) is 11.2 Å². The molecule has 4 aromatic rings. The number of nitrogens with zero attached hydrogens (tertiary/aromatic N) is 2. The Balaban J connectivity index is 1.42. The van der Waals surface area contributed by atoms with Gasteiger partial charge in [0, 0.05) is 18.8 Å². The van der Waals surface area contributed by atoms with Crippen LogP contribution in [0.25, 0.3) is 10.2 Å². The van der Waals surface area contributed by atoms with Gasteiger partial charge in [-0.25, -0.2) is 14.4 Å². The van der Waals surface area contributed by atoms with Crippen LogP contribution in [-0.4, -0.2) is 33.9 Å². The van der Waals surface area contributed by atoms with Crippen molar-refractivity contribution in [1.29, 1.82) is 0 Å². The Labute approximate surface area is 203 Å². The highest BCUT2D eigenvalue weighted by Crippen LogP contribution is 2.34. The summed E-state index contributed by atoms with van der Waals surface area (Å²) in [6, 6.07) is 15.0. The first-order chi connectivity index (χ1) is 16.4. The quantitative estimate of drug-likeness (QED) is 0.347. The van der Waals surface area contributed by atoms with Gasteiger partial charge in [-0.2, -0.15) is 0 Å². The largest absolute Gasteiger partial charge is 0.434 e. The molecule has 2 aromatic heterocycles. The van der Waals surface area contributed by atoms with Crippen molar-refractivity contribution >= 4 is 56.4 Å². The number of rotatable bonds is 6. The second kappa shape index (κ2) is 10.3. The number of ether oxygens (including phenoxy) is 1. The highest BCUT2D eigenvalue weighted by atomic mass is 32.1. The predicted octanol–water partition coefficient (Wildman–Crippen LogP) is 4.04. The summed E-state index contributed by atoms with van der Waals surface area (Å²) in [5, 5.41) is 7.94. The van der Waals surface area contributed by atoms with Crippen molar-refractivity contribution in [2.24, 2.45) is 0 Å². The molecule has 2 amide bonds. The fourth-order valence-corrected chi connectivity index (χ4v) is 4.24. The zero-order chi connectivity index (χ0) is 24.1. The van der Waals surface area contributed by atoms with Crippen LogP contribution in [0.15, 0.2) is 60.9 Å². The number of carbonyl (C=O) groups excluding carboxylic acids is 2. The average molecular weight is 496 g/mol. The second-order valence-corrected chi connectivity index (χ2v) is 8.46. The van der Waals surface area contributed by atoms with Gasteiger partial charge in [-0.3, -0.25) is 9.59 Å². The van der Waals surface area contributed by atoms with Gasteiger partial charge in [0.25, 0.3) is 5.91 Å². The monoisotopic (exact) mass is 495 g/mol. The maximum atomic E-state index is 14.7. The summed E-state index contributed by atoms with van der Waals surface area (Å²) in [6.07, 6.45) is 1.45. The number of hydrogen-bond acceptors (Lipinski definition) is 7. The van der Waals surface area contributed by atoms with Gasteiger partial charge >= 0.3 is 0 Å². The van der Waals surface area contributed by atoms with Crippen LogP contribution in [0.1, 0.15) is 15.2 Å². The van der Waals surface area contributed by atoms with Gasteiger partial charge in [0.2, 0.25) is 11.8 Å². The Hall–Kier alpha value is -3.96. The number of anilines is 1. The first kappa shape index (κ1) is 23.2. The molecule has 3 N–H and O–H groups in total. The smallest absolute Gasteiger partial charge is 0.261 e. The molecule has 2 heterocycles. The molecular formula is C23H18FN5O3S2. The van der Waals surface area contributed by atoms with Crippen LogP contribution >= 0.6 is 23.6 Å². The Morgan fingerprint density at radius 3 is 2.65 bits per heavy atom. The first-order valence-electron chi connectivity index (χ1n) is 10.0. The minimum atomic E-state index is -0.668. The van der Waals surface area contributed by atoms with E-state index in [1.165, 1.54) is 25.5 Å². The number of thiophene rings is 1. The molecule has 0 spiro atoms. The molecule has 4 rings (SSSR count). The van der Waals surface area contributed by atoms with Crippen molar-refractivity contribution in [3.63, 3.8) is 0 Å². The molecular weight excluding hydrogens is 477 g/mol. The Bertz CT molecular complexity index is 1380. The van der Waals surface area contributed by atoms with E-state index in [-0.39, 0.29) is 35.0 Å². The standard InChI is InChI=1S/C23H18FN5O3S2/c1-25-21(31)18-11-16-20(34-18)22(27-12-26-16)32-17-8-7-14(10-15(17)24)28-23(33)29-19(30)9-13-5-3-2-4-6-13/h2-8,10-12H,9H2,1H3,(H,25,31)(H2,28,29,30,33). The molecule has 11 heteroatoms. The number of thiocarbonyl (C=S) groups is 1. The van der Waals surface area contributed by atoms with E-state index in [1.54, 1.807) is 12.1 Å². The topological polar surface area (TPSA) is 105 Å². The summed E-state index contributed by atoms with van der Waals surface area (Å²) in [6.45, 7) is 0. The number of fused-ring (bicyclic) bond motifs is 1. The molecule has 0 radical (unpaired) electrons. The minimum absolute atomic E-state index is 0.0480. The summed E-state index contributed by atoms with van der Waals surface area (Å²) in [5.74, 6) is -1.16. The molecule has 0 saturated heterocycles. The lowest BCUT2D eigenvalue weighted by molar-refractivity contribution is -0.119. The number of amides is 2. The van der Waals surface area contributed by atoms with E-state index in [0.717, 1.165) is 16.9 Å². The first-order valence-corrected chi connectivity index (χ1v) is 11.2. The summed E-state index contributed by atoms with van der Waals surface area (Å²) >= 11 is 6.30. The second-order valence-electron chi connectivity index (χ2n) is 6.99. The van der Waals surface area contributed by atoms with E-state index in [9.17, 15) is 14.0 Å². The fraction of sp³-hybridized carbons (Fsp3) is 0.0870. The van der Waals surface area contributed by atoms with Crippen molar-refractivity contribution in [3.8, 4) is 11.6 Å². The van der Waals surface area contributed by atoms with Crippen LogP contribution in [0.2, 0.25) is 0 Å². The molecule has 0 aliphatic rings. The van der Waals surface area contributed by atoms with Crippen molar-refractivity contribution < 1.29 is 18.7 Å². The van der Waals surface area contributed by atoms with E-state index in [1.807, 2.05) is 30.3 Å². The Morgan fingerprint density at radius 1 is 1.12 bits per heavy atom. The van der Waals surface area contributed by atoms with Crippen LogP contribution in [0.4, 0.5) is 10.1 Å². The molecule has 2 aromatic carbocycles. The van der Waals surface area contributed by atoms with Crippen LogP contribution in [0.3, 0.4) is 0 Å². The number of carbonyl (C=O) groups is 2. The maximum Gasteiger partial charge on any atom is 0.261 e. The number of halogens is 1. The van der Waals surface area contributed by atoms with E-state index < -0.39 is 5.82 Å².